The van der Waals surface area contributed by atoms with E-state index in [4.69, 9.17) is 15.1 Å². The maximum Gasteiger partial charge on any atom is 0.335 e. The maximum absolute atomic E-state index is 10.8. The highest BCUT2D eigenvalue weighted by molar-refractivity contribution is 5.88. The zero-order valence-corrected chi connectivity index (χ0v) is 10.5. The van der Waals surface area contributed by atoms with Gasteiger partial charge in [-0.2, -0.15) is 5.26 Å². The van der Waals surface area contributed by atoms with Crippen molar-refractivity contribution in [3.8, 4) is 17.6 Å². The van der Waals surface area contributed by atoms with Crippen molar-refractivity contribution in [3.63, 3.8) is 0 Å². The van der Waals surface area contributed by atoms with Gasteiger partial charge in [-0.3, -0.25) is 10.1 Å². The van der Waals surface area contributed by atoms with E-state index >= 15 is 0 Å². The Labute approximate surface area is 118 Å². The maximum atomic E-state index is 10.8. The Kier molecular flexibility index (Phi) is 3.81. The minimum Gasteiger partial charge on any atom is -0.478 e. The molecule has 0 bridgehead atoms. The van der Waals surface area contributed by atoms with Gasteiger partial charge >= 0.3 is 5.97 Å². The number of nitriles is 1. The minimum atomic E-state index is -1.15. The van der Waals surface area contributed by atoms with Gasteiger partial charge in [0.2, 0.25) is 0 Å². The Morgan fingerprint density at radius 3 is 2.43 bits per heavy atom. The molecule has 1 N–H and O–H groups in total. The van der Waals surface area contributed by atoms with Crippen LogP contribution in [0, 0.1) is 21.4 Å². The molecule has 0 saturated carbocycles. The van der Waals surface area contributed by atoms with E-state index in [1.54, 1.807) is 0 Å². The minimum absolute atomic E-state index is 0.0254. The first-order valence-corrected chi connectivity index (χ1v) is 5.71. The number of non-ortho nitro benzene ring substituents is 1. The number of nitro benzene ring substituents is 1. The van der Waals surface area contributed by atoms with E-state index in [1.807, 2.05) is 6.07 Å². The Morgan fingerprint density at radius 2 is 1.90 bits per heavy atom. The second kappa shape index (κ2) is 5.71. The third-order valence-electron chi connectivity index (χ3n) is 2.62. The van der Waals surface area contributed by atoms with E-state index in [-0.39, 0.29) is 22.6 Å². The van der Waals surface area contributed by atoms with Gasteiger partial charge in [-0.25, -0.2) is 4.79 Å². The molecule has 0 aliphatic heterocycles. The number of hydrogen-bond acceptors (Lipinski definition) is 5. The van der Waals surface area contributed by atoms with Crippen molar-refractivity contribution in [2.24, 2.45) is 0 Å². The molecule has 0 fully saturated rings. The van der Waals surface area contributed by atoms with Crippen molar-refractivity contribution < 1.29 is 19.6 Å². The molecule has 21 heavy (non-hydrogen) atoms. The number of hydrogen-bond donors (Lipinski definition) is 1. The largest absolute Gasteiger partial charge is 0.478 e. The molecule has 0 unspecified atom stereocenters. The third kappa shape index (κ3) is 3.13. The van der Waals surface area contributed by atoms with Crippen LogP contribution in [-0.2, 0) is 0 Å². The normalized spacial score (nSPS) is 9.67. The first-order chi connectivity index (χ1) is 10.0. The van der Waals surface area contributed by atoms with Gasteiger partial charge in [0.25, 0.3) is 5.69 Å². The van der Waals surface area contributed by atoms with Crippen LogP contribution in [0.2, 0.25) is 0 Å². The van der Waals surface area contributed by atoms with E-state index in [0.29, 0.717) is 5.75 Å². The van der Waals surface area contributed by atoms with Gasteiger partial charge in [0, 0.05) is 12.1 Å². The monoisotopic (exact) mass is 284 g/mol. The predicted octanol–water partition coefficient (Wildman–Crippen LogP) is 2.96. The van der Waals surface area contributed by atoms with Crippen LogP contribution in [0.4, 0.5) is 5.69 Å². The molecular formula is C14H8N2O5. The molecule has 2 aromatic carbocycles. The number of rotatable bonds is 4. The van der Waals surface area contributed by atoms with E-state index in [9.17, 15) is 14.9 Å². The van der Waals surface area contributed by atoms with Crippen molar-refractivity contribution in [2.75, 3.05) is 0 Å². The molecule has 2 rings (SSSR count). The van der Waals surface area contributed by atoms with Gasteiger partial charge in [0.15, 0.2) is 0 Å². The van der Waals surface area contributed by atoms with E-state index in [2.05, 4.69) is 0 Å². The molecule has 0 aliphatic carbocycles. The molecular weight excluding hydrogens is 276 g/mol. The third-order valence-corrected chi connectivity index (χ3v) is 2.62. The van der Waals surface area contributed by atoms with Crippen LogP contribution < -0.4 is 4.74 Å². The topological polar surface area (TPSA) is 113 Å². The van der Waals surface area contributed by atoms with Gasteiger partial charge in [0.05, 0.1) is 16.1 Å². The summed E-state index contributed by atoms with van der Waals surface area (Å²) >= 11 is 0. The first-order valence-electron chi connectivity index (χ1n) is 5.71. The number of nitro groups is 1. The van der Waals surface area contributed by atoms with Crippen LogP contribution in [0.25, 0.3) is 0 Å². The highest BCUT2D eigenvalue weighted by Crippen LogP contribution is 2.27. The van der Waals surface area contributed by atoms with Crippen molar-refractivity contribution in [1.82, 2.24) is 0 Å². The molecule has 0 aliphatic rings. The number of nitrogens with zero attached hydrogens (tertiary/aromatic N) is 2. The number of ether oxygens (including phenoxy) is 1. The summed E-state index contributed by atoms with van der Waals surface area (Å²) in [5, 5.41) is 28.4. The predicted molar refractivity (Wildman–Crippen MR) is 71.3 cm³/mol. The van der Waals surface area contributed by atoms with Crippen molar-refractivity contribution in [3.05, 3.63) is 63.7 Å². The molecule has 0 atom stereocenters. The van der Waals surface area contributed by atoms with Crippen molar-refractivity contribution >= 4 is 11.7 Å². The van der Waals surface area contributed by atoms with Gasteiger partial charge in [-0.05, 0) is 30.3 Å². The van der Waals surface area contributed by atoms with Gasteiger partial charge in [-0.15, -0.1) is 0 Å². The molecule has 0 heterocycles. The lowest BCUT2D eigenvalue weighted by atomic mass is 10.1. The molecule has 0 radical (unpaired) electrons. The Morgan fingerprint density at radius 1 is 1.24 bits per heavy atom. The smallest absolute Gasteiger partial charge is 0.335 e. The lowest BCUT2D eigenvalue weighted by Gasteiger charge is -2.07. The molecule has 2 aromatic rings. The fraction of sp³-hybridized carbons (Fsp3) is 0. The average Bonchev–Trinajstić information content (AvgIpc) is 2.48. The van der Waals surface area contributed by atoms with Crippen molar-refractivity contribution in [2.45, 2.75) is 0 Å². The highest BCUT2D eigenvalue weighted by Gasteiger charge is 2.11. The van der Waals surface area contributed by atoms with Crippen LogP contribution in [0.3, 0.4) is 0 Å². The zero-order valence-electron chi connectivity index (χ0n) is 10.5. The van der Waals surface area contributed by atoms with E-state index in [1.165, 1.54) is 42.5 Å². The van der Waals surface area contributed by atoms with Crippen LogP contribution >= 0.6 is 0 Å². The zero-order chi connectivity index (χ0) is 15.4. The van der Waals surface area contributed by atoms with Crippen molar-refractivity contribution in [1.29, 1.82) is 5.26 Å². The number of carboxylic acids is 1. The van der Waals surface area contributed by atoms with E-state index < -0.39 is 10.9 Å². The number of carbonyl (C=O) groups is 1. The van der Waals surface area contributed by atoms with Crippen LogP contribution in [0.1, 0.15) is 15.9 Å². The molecule has 7 nitrogen and oxygen atoms in total. The molecule has 0 spiro atoms. The van der Waals surface area contributed by atoms with E-state index in [0.717, 1.165) is 0 Å². The fourth-order valence-corrected chi connectivity index (χ4v) is 1.60. The van der Waals surface area contributed by atoms with Crippen LogP contribution in [0.15, 0.2) is 42.5 Å². The SMILES string of the molecule is N#Cc1cc(C(=O)O)ccc1Oc1ccc([N+](=O)[O-])cc1. The molecule has 0 aromatic heterocycles. The number of carboxylic acid groups (broad SMARTS) is 1. The standard InChI is InChI=1S/C14H8N2O5/c15-8-10-7-9(14(17)18)1-6-13(10)21-12-4-2-11(3-5-12)16(19)20/h1-7H,(H,17,18). The summed E-state index contributed by atoms with van der Waals surface area (Å²) in [5.74, 6) is -0.662. The van der Waals surface area contributed by atoms with Gasteiger partial charge < -0.3 is 9.84 Å². The first kappa shape index (κ1) is 14.0. The second-order valence-corrected chi connectivity index (χ2v) is 3.98. The lowest BCUT2D eigenvalue weighted by molar-refractivity contribution is -0.384. The number of benzene rings is 2. The quantitative estimate of drug-likeness (QED) is 0.682. The second-order valence-electron chi connectivity index (χ2n) is 3.98. The molecule has 0 saturated heterocycles. The van der Waals surface area contributed by atoms with Crippen LogP contribution in [0.5, 0.6) is 11.5 Å². The summed E-state index contributed by atoms with van der Waals surface area (Å²) in [4.78, 5) is 20.8. The number of aromatic carboxylic acids is 1. The molecule has 104 valence electrons. The Bertz CT molecular complexity index is 747. The molecule has 0 amide bonds. The fourth-order valence-electron chi connectivity index (χ4n) is 1.60. The van der Waals surface area contributed by atoms with Gasteiger partial charge in [0.1, 0.15) is 17.6 Å². The van der Waals surface area contributed by atoms with Crippen LogP contribution in [-0.4, -0.2) is 16.0 Å². The Balaban J connectivity index is 2.29. The summed E-state index contributed by atoms with van der Waals surface area (Å²) in [6.45, 7) is 0. The average molecular weight is 284 g/mol. The summed E-state index contributed by atoms with van der Waals surface area (Å²) < 4.78 is 5.43. The summed E-state index contributed by atoms with van der Waals surface area (Å²) in [6, 6.07) is 11.0. The summed E-state index contributed by atoms with van der Waals surface area (Å²) in [7, 11) is 0. The van der Waals surface area contributed by atoms with Gasteiger partial charge in [-0.1, -0.05) is 0 Å². The Hall–Kier alpha value is -3.40. The molecule has 7 heteroatoms. The lowest BCUT2D eigenvalue weighted by Crippen LogP contribution is -1.98. The highest BCUT2D eigenvalue weighted by atomic mass is 16.6. The summed E-state index contributed by atoms with van der Waals surface area (Å²) in [5.41, 5.74) is -0.0417. The summed E-state index contributed by atoms with van der Waals surface area (Å²) in [6.07, 6.45) is 0.